The number of nitrogens with one attached hydrogen (secondary N) is 1. The van der Waals surface area contributed by atoms with Crippen LogP contribution in [0.15, 0.2) is 29.4 Å². The molecule has 0 aliphatic heterocycles. The summed E-state index contributed by atoms with van der Waals surface area (Å²) in [5, 5.41) is 7.71. The van der Waals surface area contributed by atoms with E-state index in [9.17, 15) is 0 Å². The maximum atomic E-state index is 4.15. The highest BCUT2D eigenvalue weighted by molar-refractivity contribution is 7.08. The van der Waals surface area contributed by atoms with E-state index in [1.54, 1.807) is 23.9 Å². The highest BCUT2D eigenvalue weighted by Crippen LogP contribution is 2.12. The molecule has 0 bridgehead atoms. The number of aryl methyl sites for hydroxylation is 1. The molecule has 2 aromatic heterocycles. The summed E-state index contributed by atoms with van der Waals surface area (Å²) in [6.45, 7) is 3.83. The third kappa shape index (κ3) is 2.84. The van der Waals surface area contributed by atoms with Gasteiger partial charge in [-0.25, -0.2) is 9.97 Å². The molecule has 0 unspecified atom stereocenters. The van der Waals surface area contributed by atoms with E-state index in [4.69, 9.17) is 0 Å². The molecule has 4 heteroatoms. The Bertz CT molecular complexity index is 411. The summed E-state index contributed by atoms with van der Waals surface area (Å²) in [6.07, 6.45) is 3.34. The molecule has 78 valence electrons. The molecule has 2 rings (SSSR count). The quantitative estimate of drug-likeness (QED) is 0.856. The first-order valence-electron chi connectivity index (χ1n) is 4.83. The molecule has 0 radical (unpaired) electrons. The number of hydrogen-bond acceptors (Lipinski definition) is 4. The molecular formula is C11H13N3S. The van der Waals surface area contributed by atoms with E-state index >= 15 is 0 Å². The Balaban J connectivity index is 1.83. The van der Waals surface area contributed by atoms with Crippen molar-refractivity contribution in [3.8, 4) is 0 Å². The molecule has 0 saturated heterocycles. The molecular weight excluding hydrogens is 206 g/mol. The lowest BCUT2D eigenvalue weighted by Crippen LogP contribution is -2.13. The van der Waals surface area contributed by atoms with E-state index in [1.165, 1.54) is 11.1 Å². The lowest BCUT2D eigenvalue weighted by atomic mass is 10.2. The summed E-state index contributed by atoms with van der Waals surface area (Å²) in [5.41, 5.74) is 3.75. The van der Waals surface area contributed by atoms with Gasteiger partial charge in [-0.05, 0) is 34.9 Å². The zero-order valence-electron chi connectivity index (χ0n) is 8.60. The third-order valence-electron chi connectivity index (χ3n) is 2.23. The van der Waals surface area contributed by atoms with Crippen molar-refractivity contribution in [2.75, 3.05) is 0 Å². The van der Waals surface area contributed by atoms with E-state index < -0.39 is 0 Å². The van der Waals surface area contributed by atoms with Gasteiger partial charge in [0.25, 0.3) is 0 Å². The smallest absolute Gasteiger partial charge is 0.115 e. The van der Waals surface area contributed by atoms with Crippen LogP contribution in [0.25, 0.3) is 0 Å². The minimum Gasteiger partial charge on any atom is -0.307 e. The van der Waals surface area contributed by atoms with E-state index in [2.05, 4.69) is 33.0 Å². The first kappa shape index (κ1) is 10.3. The first-order valence-corrected chi connectivity index (χ1v) is 5.78. The van der Waals surface area contributed by atoms with Gasteiger partial charge in [0, 0.05) is 19.3 Å². The molecule has 2 heterocycles. The largest absolute Gasteiger partial charge is 0.307 e. The van der Waals surface area contributed by atoms with Crippen molar-refractivity contribution in [1.82, 2.24) is 15.3 Å². The third-order valence-corrected chi connectivity index (χ3v) is 3.14. The Labute approximate surface area is 93.2 Å². The summed E-state index contributed by atoms with van der Waals surface area (Å²) >= 11 is 1.75. The van der Waals surface area contributed by atoms with Crippen molar-refractivity contribution < 1.29 is 0 Å². The second-order valence-electron chi connectivity index (χ2n) is 3.38. The fourth-order valence-corrected chi connectivity index (χ4v) is 2.17. The lowest BCUT2D eigenvalue weighted by molar-refractivity contribution is 0.677. The van der Waals surface area contributed by atoms with Gasteiger partial charge >= 0.3 is 0 Å². The van der Waals surface area contributed by atoms with Crippen molar-refractivity contribution in [3.05, 3.63) is 46.2 Å². The van der Waals surface area contributed by atoms with Gasteiger partial charge in [-0.3, -0.25) is 0 Å². The monoisotopic (exact) mass is 219 g/mol. The first-order chi connectivity index (χ1) is 7.36. The number of hydrogen-bond donors (Lipinski definition) is 1. The summed E-state index contributed by atoms with van der Waals surface area (Å²) in [6, 6.07) is 1.92. The van der Waals surface area contributed by atoms with Crippen LogP contribution in [0.4, 0.5) is 0 Å². The minimum absolute atomic E-state index is 0.789. The highest BCUT2D eigenvalue weighted by atomic mass is 32.1. The van der Waals surface area contributed by atoms with Gasteiger partial charge in [-0.1, -0.05) is 0 Å². The molecule has 0 spiro atoms. The fraction of sp³-hybridized carbons (Fsp3) is 0.273. The Morgan fingerprint density at radius 1 is 1.33 bits per heavy atom. The van der Waals surface area contributed by atoms with Crippen molar-refractivity contribution >= 4 is 11.3 Å². The fourth-order valence-electron chi connectivity index (χ4n) is 1.32. The topological polar surface area (TPSA) is 37.8 Å². The average molecular weight is 219 g/mol. The summed E-state index contributed by atoms with van der Waals surface area (Å²) < 4.78 is 0. The normalized spacial score (nSPS) is 10.5. The molecule has 15 heavy (non-hydrogen) atoms. The van der Waals surface area contributed by atoms with Crippen LogP contribution >= 0.6 is 11.3 Å². The standard InChI is InChI=1S/C11H13N3S/c1-9-6-15-7-10(9)4-13-5-11-2-3-12-8-14-11/h2-3,6-8,13H,4-5H2,1H3. The predicted molar refractivity (Wildman–Crippen MR) is 61.6 cm³/mol. The van der Waals surface area contributed by atoms with Crippen molar-refractivity contribution in [2.45, 2.75) is 20.0 Å². The second kappa shape index (κ2) is 5.00. The summed E-state index contributed by atoms with van der Waals surface area (Å²) in [5.74, 6) is 0. The van der Waals surface area contributed by atoms with E-state index in [0.29, 0.717) is 0 Å². The summed E-state index contributed by atoms with van der Waals surface area (Å²) in [7, 11) is 0. The van der Waals surface area contributed by atoms with Crippen LogP contribution < -0.4 is 5.32 Å². The van der Waals surface area contributed by atoms with Gasteiger partial charge in [-0.15, -0.1) is 0 Å². The predicted octanol–water partition coefficient (Wildman–Crippen LogP) is 2.14. The molecule has 0 atom stereocenters. The van der Waals surface area contributed by atoms with Gasteiger partial charge in [0.05, 0.1) is 5.69 Å². The van der Waals surface area contributed by atoms with Crippen molar-refractivity contribution in [3.63, 3.8) is 0 Å². The van der Waals surface area contributed by atoms with Gasteiger partial charge in [0.15, 0.2) is 0 Å². The van der Waals surface area contributed by atoms with Gasteiger partial charge in [0.2, 0.25) is 0 Å². The maximum absolute atomic E-state index is 4.15. The number of nitrogens with zero attached hydrogens (tertiary/aromatic N) is 2. The van der Waals surface area contributed by atoms with Gasteiger partial charge in [0.1, 0.15) is 6.33 Å². The number of aromatic nitrogens is 2. The maximum Gasteiger partial charge on any atom is 0.115 e. The Kier molecular flexibility index (Phi) is 3.42. The van der Waals surface area contributed by atoms with Gasteiger partial charge in [-0.2, -0.15) is 11.3 Å². The second-order valence-corrected chi connectivity index (χ2v) is 4.13. The van der Waals surface area contributed by atoms with Crippen LogP contribution in [-0.4, -0.2) is 9.97 Å². The van der Waals surface area contributed by atoms with Crippen LogP contribution in [-0.2, 0) is 13.1 Å². The zero-order valence-corrected chi connectivity index (χ0v) is 9.42. The van der Waals surface area contributed by atoms with Crippen LogP contribution in [0, 0.1) is 6.92 Å². The Hall–Kier alpha value is -1.26. The molecule has 3 nitrogen and oxygen atoms in total. The molecule has 0 saturated carbocycles. The Morgan fingerprint density at radius 3 is 2.93 bits per heavy atom. The number of thiophene rings is 1. The van der Waals surface area contributed by atoms with Crippen LogP contribution in [0.2, 0.25) is 0 Å². The molecule has 0 fully saturated rings. The molecule has 1 N–H and O–H groups in total. The highest BCUT2D eigenvalue weighted by Gasteiger charge is 1.98. The average Bonchev–Trinajstić information content (AvgIpc) is 2.66. The van der Waals surface area contributed by atoms with E-state index in [1.807, 2.05) is 6.07 Å². The molecule has 0 aliphatic rings. The zero-order chi connectivity index (χ0) is 10.5. The summed E-state index contributed by atoms with van der Waals surface area (Å²) in [4.78, 5) is 8.03. The minimum atomic E-state index is 0.789. The molecule has 0 amide bonds. The van der Waals surface area contributed by atoms with Gasteiger partial charge < -0.3 is 5.32 Å². The van der Waals surface area contributed by atoms with Crippen LogP contribution in [0.3, 0.4) is 0 Å². The van der Waals surface area contributed by atoms with Crippen molar-refractivity contribution in [2.24, 2.45) is 0 Å². The molecule has 0 aromatic carbocycles. The van der Waals surface area contributed by atoms with Crippen LogP contribution in [0.5, 0.6) is 0 Å². The van der Waals surface area contributed by atoms with Crippen molar-refractivity contribution in [1.29, 1.82) is 0 Å². The molecule has 2 aromatic rings. The van der Waals surface area contributed by atoms with E-state index in [0.717, 1.165) is 18.8 Å². The SMILES string of the molecule is Cc1cscc1CNCc1ccncn1. The molecule has 0 aliphatic carbocycles. The van der Waals surface area contributed by atoms with Crippen LogP contribution in [0.1, 0.15) is 16.8 Å². The Morgan fingerprint density at radius 2 is 2.27 bits per heavy atom. The lowest BCUT2D eigenvalue weighted by Gasteiger charge is -2.03. The number of rotatable bonds is 4. The van der Waals surface area contributed by atoms with E-state index in [-0.39, 0.29) is 0 Å².